The smallest absolute Gasteiger partial charge is 0.225 e. The Morgan fingerprint density at radius 3 is 2.89 bits per heavy atom. The third kappa shape index (κ3) is 5.14. The van der Waals surface area contributed by atoms with Crippen molar-refractivity contribution in [1.82, 2.24) is 9.88 Å². The van der Waals surface area contributed by atoms with Gasteiger partial charge in [0.25, 0.3) is 0 Å². The van der Waals surface area contributed by atoms with Crippen molar-refractivity contribution in [1.29, 1.82) is 0 Å². The maximum atomic E-state index is 11.7. The van der Waals surface area contributed by atoms with Crippen molar-refractivity contribution in [3.8, 4) is 5.75 Å². The number of aromatic nitrogens is 1. The third-order valence-electron chi connectivity index (χ3n) is 2.59. The molecule has 1 aromatic heterocycles. The summed E-state index contributed by atoms with van der Waals surface area (Å²) in [5, 5.41) is 0. The number of pyridine rings is 1. The van der Waals surface area contributed by atoms with E-state index < -0.39 is 0 Å². The van der Waals surface area contributed by atoms with Crippen LogP contribution in [0.5, 0.6) is 5.75 Å². The summed E-state index contributed by atoms with van der Waals surface area (Å²) < 4.78 is 5.45. The normalized spacial score (nSPS) is 10.2. The molecule has 1 rings (SSSR count). The molecule has 1 amide bonds. The van der Waals surface area contributed by atoms with E-state index in [0.717, 1.165) is 12.1 Å². The number of nitrogens with two attached hydrogens (primary N) is 1. The van der Waals surface area contributed by atoms with Gasteiger partial charge in [0.15, 0.2) is 0 Å². The first kappa shape index (κ1) is 14.4. The molecule has 1 heterocycles. The lowest BCUT2D eigenvalue weighted by molar-refractivity contribution is -0.130. The molecule has 0 aromatic carbocycles. The average molecular weight is 251 g/mol. The molecule has 0 aliphatic heterocycles. The highest BCUT2D eigenvalue weighted by Crippen LogP contribution is 2.08. The van der Waals surface area contributed by atoms with E-state index in [-0.39, 0.29) is 5.91 Å². The molecule has 0 bridgehead atoms. The molecule has 100 valence electrons. The van der Waals surface area contributed by atoms with Gasteiger partial charge in [-0.25, -0.2) is 0 Å². The Balaban J connectivity index is 2.24. The van der Waals surface area contributed by atoms with Crippen LogP contribution >= 0.6 is 0 Å². The molecular formula is C13H21N3O2. The summed E-state index contributed by atoms with van der Waals surface area (Å²) in [5.41, 5.74) is 6.34. The zero-order valence-electron chi connectivity index (χ0n) is 11.1. The number of aryl methyl sites for hydroxylation is 1. The number of nitrogens with zero attached hydrogens (tertiary/aromatic N) is 2. The SMILES string of the molecule is Cc1ccc(OCCC(=O)N(C)CCCN)cn1. The summed E-state index contributed by atoms with van der Waals surface area (Å²) in [4.78, 5) is 17.5. The Morgan fingerprint density at radius 1 is 1.50 bits per heavy atom. The Labute approximate surface area is 108 Å². The first-order chi connectivity index (χ1) is 8.63. The summed E-state index contributed by atoms with van der Waals surface area (Å²) >= 11 is 0. The van der Waals surface area contributed by atoms with Crippen LogP contribution < -0.4 is 10.5 Å². The van der Waals surface area contributed by atoms with Crippen LogP contribution in [0.1, 0.15) is 18.5 Å². The van der Waals surface area contributed by atoms with E-state index in [1.807, 2.05) is 19.1 Å². The number of hydrogen-bond donors (Lipinski definition) is 1. The molecule has 0 spiro atoms. The summed E-state index contributed by atoms with van der Waals surface area (Å²) in [5.74, 6) is 0.765. The van der Waals surface area contributed by atoms with Gasteiger partial charge < -0.3 is 15.4 Å². The van der Waals surface area contributed by atoms with Crippen molar-refractivity contribution in [3.05, 3.63) is 24.0 Å². The highest BCUT2D eigenvalue weighted by molar-refractivity contribution is 5.75. The molecule has 5 heteroatoms. The lowest BCUT2D eigenvalue weighted by atomic mass is 10.3. The lowest BCUT2D eigenvalue weighted by Crippen LogP contribution is -2.30. The fourth-order valence-corrected chi connectivity index (χ4v) is 1.44. The molecule has 0 fully saturated rings. The van der Waals surface area contributed by atoms with Gasteiger partial charge in [-0.3, -0.25) is 9.78 Å². The van der Waals surface area contributed by atoms with Gasteiger partial charge in [0.1, 0.15) is 5.75 Å². The summed E-state index contributed by atoms with van der Waals surface area (Å²) in [6.07, 6.45) is 2.86. The van der Waals surface area contributed by atoms with Gasteiger partial charge in [-0.1, -0.05) is 0 Å². The van der Waals surface area contributed by atoms with Crippen LogP contribution in [0.4, 0.5) is 0 Å². The van der Waals surface area contributed by atoms with Crippen LogP contribution in [-0.4, -0.2) is 42.5 Å². The molecule has 2 N–H and O–H groups in total. The van der Waals surface area contributed by atoms with Gasteiger partial charge in [-0.2, -0.15) is 0 Å². The number of carbonyl (C=O) groups is 1. The van der Waals surface area contributed by atoms with Crippen molar-refractivity contribution < 1.29 is 9.53 Å². The van der Waals surface area contributed by atoms with Gasteiger partial charge in [0.05, 0.1) is 19.2 Å². The molecule has 0 radical (unpaired) electrons. The Morgan fingerprint density at radius 2 is 2.28 bits per heavy atom. The van der Waals surface area contributed by atoms with E-state index in [4.69, 9.17) is 10.5 Å². The standard InChI is InChI=1S/C13H21N3O2/c1-11-4-5-12(10-15-11)18-9-6-13(17)16(2)8-3-7-14/h4-5,10H,3,6-9,14H2,1-2H3. The largest absolute Gasteiger partial charge is 0.491 e. The number of amides is 1. The zero-order chi connectivity index (χ0) is 13.4. The van der Waals surface area contributed by atoms with Crippen LogP contribution in [-0.2, 0) is 4.79 Å². The fraction of sp³-hybridized carbons (Fsp3) is 0.538. The number of rotatable bonds is 7. The Kier molecular flexibility index (Phi) is 6.14. The zero-order valence-corrected chi connectivity index (χ0v) is 11.1. The minimum absolute atomic E-state index is 0.0727. The molecule has 0 unspecified atom stereocenters. The first-order valence-corrected chi connectivity index (χ1v) is 6.13. The van der Waals surface area contributed by atoms with Gasteiger partial charge in [0.2, 0.25) is 5.91 Å². The fourth-order valence-electron chi connectivity index (χ4n) is 1.44. The van der Waals surface area contributed by atoms with Gasteiger partial charge >= 0.3 is 0 Å². The second-order valence-corrected chi connectivity index (χ2v) is 4.19. The van der Waals surface area contributed by atoms with E-state index in [0.29, 0.717) is 31.9 Å². The molecule has 0 atom stereocenters. The molecule has 18 heavy (non-hydrogen) atoms. The van der Waals surface area contributed by atoms with E-state index in [1.54, 1.807) is 18.1 Å². The molecule has 5 nitrogen and oxygen atoms in total. The molecule has 1 aromatic rings. The van der Waals surface area contributed by atoms with E-state index >= 15 is 0 Å². The Bertz CT molecular complexity index is 365. The summed E-state index contributed by atoms with van der Waals surface area (Å²) in [6, 6.07) is 3.73. The number of hydrogen-bond acceptors (Lipinski definition) is 4. The van der Waals surface area contributed by atoms with Crippen molar-refractivity contribution >= 4 is 5.91 Å². The van der Waals surface area contributed by atoms with Crippen molar-refractivity contribution in [2.75, 3.05) is 26.7 Å². The monoisotopic (exact) mass is 251 g/mol. The highest BCUT2D eigenvalue weighted by Gasteiger charge is 2.07. The minimum Gasteiger partial charge on any atom is -0.491 e. The second kappa shape index (κ2) is 7.66. The number of ether oxygens (including phenoxy) is 1. The van der Waals surface area contributed by atoms with Crippen LogP contribution in [0.2, 0.25) is 0 Å². The minimum atomic E-state index is 0.0727. The summed E-state index contributed by atoms with van der Waals surface area (Å²) in [7, 11) is 1.78. The maximum absolute atomic E-state index is 11.7. The van der Waals surface area contributed by atoms with E-state index in [9.17, 15) is 4.79 Å². The average Bonchev–Trinajstić information content (AvgIpc) is 2.38. The first-order valence-electron chi connectivity index (χ1n) is 6.13. The Hall–Kier alpha value is -1.62. The molecule has 0 aliphatic rings. The quantitative estimate of drug-likeness (QED) is 0.784. The predicted molar refractivity (Wildman–Crippen MR) is 70.4 cm³/mol. The van der Waals surface area contributed by atoms with Crippen molar-refractivity contribution in [2.24, 2.45) is 5.73 Å². The van der Waals surface area contributed by atoms with Gasteiger partial charge in [0, 0.05) is 19.3 Å². The van der Waals surface area contributed by atoms with Gasteiger partial charge in [-0.15, -0.1) is 0 Å². The van der Waals surface area contributed by atoms with E-state index in [2.05, 4.69) is 4.98 Å². The molecular weight excluding hydrogens is 230 g/mol. The van der Waals surface area contributed by atoms with Crippen molar-refractivity contribution in [3.63, 3.8) is 0 Å². The van der Waals surface area contributed by atoms with Crippen LogP contribution in [0.15, 0.2) is 18.3 Å². The number of carbonyl (C=O) groups excluding carboxylic acids is 1. The molecule has 0 saturated carbocycles. The van der Waals surface area contributed by atoms with E-state index in [1.165, 1.54) is 0 Å². The lowest BCUT2D eigenvalue weighted by Gasteiger charge is -2.16. The maximum Gasteiger partial charge on any atom is 0.225 e. The molecule has 0 saturated heterocycles. The summed E-state index contributed by atoms with van der Waals surface area (Å²) in [6.45, 7) is 3.58. The highest BCUT2D eigenvalue weighted by atomic mass is 16.5. The topological polar surface area (TPSA) is 68.5 Å². The predicted octanol–water partition coefficient (Wildman–Crippen LogP) is 0.966. The van der Waals surface area contributed by atoms with Gasteiger partial charge in [-0.05, 0) is 32.0 Å². The van der Waals surface area contributed by atoms with Crippen LogP contribution in [0.25, 0.3) is 0 Å². The third-order valence-corrected chi connectivity index (χ3v) is 2.59. The van der Waals surface area contributed by atoms with Crippen LogP contribution in [0.3, 0.4) is 0 Å². The van der Waals surface area contributed by atoms with Crippen molar-refractivity contribution in [2.45, 2.75) is 19.8 Å². The van der Waals surface area contributed by atoms with Crippen LogP contribution in [0, 0.1) is 6.92 Å². The second-order valence-electron chi connectivity index (χ2n) is 4.19. The molecule has 0 aliphatic carbocycles.